The third-order valence-electron chi connectivity index (χ3n) is 3.56. The number of rotatable bonds is 4. The molecule has 3 heterocycles. The molecule has 3 rings (SSSR count). The minimum atomic E-state index is -4.47. The van der Waals surface area contributed by atoms with Gasteiger partial charge in [0.05, 0.1) is 0 Å². The van der Waals surface area contributed by atoms with Crippen LogP contribution in [0.2, 0.25) is 0 Å². The second-order valence-electron chi connectivity index (χ2n) is 5.37. The van der Waals surface area contributed by atoms with Crippen LogP contribution in [0.4, 0.5) is 24.9 Å². The second kappa shape index (κ2) is 6.74. The van der Waals surface area contributed by atoms with Crippen LogP contribution in [-0.2, 0) is 6.18 Å². The molecule has 0 saturated carbocycles. The number of alkyl halides is 3. The van der Waals surface area contributed by atoms with Gasteiger partial charge in [-0.05, 0) is 24.3 Å². The molecule has 1 aromatic rings. The van der Waals surface area contributed by atoms with Crippen LogP contribution < -0.4 is 10.6 Å². The SMILES string of the molecule is FC(F)(F)c1cc(N[C@@H]2CCSC2)nc(N[C@@H]2CCSC2)n1. The lowest BCUT2D eigenvalue weighted by molar-refractivity contribution is -0.141. The molecule has 0 spiro atoms. The van der Waals surface area contributed by atoms with Crippen molar-refractivity contribution in [2.45, 2.75) is 31.1 Å². The van der Waals surface area contributed by atoms with E-state index in [9.17, 15) is 13.2 Å². The van der Waals surface area contributed by atoms with Gasteiger partial charge < -0.3 is 10.6 Å². The smallest absolute Gasteiger partial charge is 0.366 e. The maximum absolute atomic E-state index is 13.0. The van der Waals surface area contributed by atoms with E-state index >= 15 is 0 Å². The molecule has 0 aliphatic carbocycles. The lowest BCUT2D eigenvalue weighted by Crippen LogP contribution is -2.24. The van der Waals surface area contributed by atoms with Gasteiger partial charge >= 0.3 is 6.18 Å². The summed E-state index contributed by atoms with van der Waals surface area (Å²) in [6.07, 6.45) is -2.60. The van der Waals surface area contributed by atoms with Crippen molar-refractivity contribution < 1.29 is 13.2 Å². The van der Waals surface area contributed by atoms with Crippen molar-refractivity contribution in [2.75, 3.05) is 33.6 Å². The molecule has 2 atom stereocenters. The molecule has 2 N–H and O–H groups in total. The van der Waals surface area contributed by atoms with Gasteiger partial charge in [0.1, 0.15) is 5.82 Å². The Balaban J connectivity index is 1.80. The van der Waals surface area contributed by atoms with Crippen LogP contribution in [0.1, 0.15) is 18.5 Å². The quantitative estimate of drug-likeness (QED) is 0.869. The number of anilines is 2. The Morgan fingerprint density at radius 1 is 1.00 bits per heavy atom. The van der Waals surface area contributed by atoms with Gasteiger partial charge in [0.15, 0.2) is 5.69 Å². The molecule has 2 aliphatic rings. The third-order valence-corrected chi connectivity index (χ3v) is 5.89. The lowest BCUT2D eigenvalue weighted by Gasteiger charge is -2.17. The number of hydrogen-bond acceptors (Lipinski definition) is 6. The molecule has 0 radical (unpaired) electrons. The Morgan fingerprint density at radius 2 is 1.64 bits per heavy atom. The molecule has 0 bridgehead atoms. The van der Waals surface area contributed by atoms with E-state index in [2.05, 4.69) is 20.6 Å². The molecule has 9 heteroatoms. The topological polar surface area (TPSA) is 49.8 Å². The average molecular weight is 350 g/mol. The summed E-state index contributed by atoms with van der Waals surface area (Å²) in [6.45, 7) is 0. The van der Waals surface area contributed by atoms with Gasteiger partial charge in [-0.1, -0.05) is 0 Å². The predicted octanol–water partition coefficient (Wildman–Crippen LogP) is 3.33. The molecule has 2 fully saturated rings. The summed E-state index contributed by atoms with van der Waals surface area (Å²) in [5.74, 6) is 4.13. The van der Waals surface area contributed by atoms with E-state index < -0.39 is 11.9 Å². The molecule has 4 nitrogen and oxygen atoms in total. The van der Waals surface area contributed by atoms with Crippen molar-refractivity contribution in [1.29, 1.82) is 0 Å². The Labute approximate surface area is 135 Å². The second-order valence-corrected chi connectivity index (χ2v) is 7.67. The fraction of sp³-hybridized carbons (Fsp3) is 0.692. The molecule has 0 unspecified atom stereocenters. The fourth-order valence-electron chi connectivity index (χ4n) is 2.42. The highest BCUT2D eigenvalue weighted by atomic mass is 32.2. The minimum Gasteiger partial charge on any atom is -0.366 e. The number of hydrogen-bond donors (Lipinski definition) is 2. The zero-order valence-electron chi connectivity index (χ0n) is 11.8. The molecule has 122 valence electrons. The molecule has 2 saturated heterocycles. The van der Waals surface area contributed by atoms with E-state index in [0.717, 1.165) is 41.9 Å². The summed E-state index contributed by atoms with van der Waals surface area (Å²) in [5, 5.41) is 6.13. The highest BCUT2D eigenvalue weighted by molar-refractivity contribution is 7.99. The molecule has 22 heavy (non-hydrogen) atoms. The number of thioether (sulfide) groups is 2. The van der Waals surface area contributed by atoms with Crippen LogP contribution in [0.15, 0.2) is 6.07 Å². The Hall–Kier alpha value is -0.830. The fourth-order valence-corrected chi connectivity index (χ4v) is 4.72. The van der Waals surface area contributed by atoms with Crippen molar-refractivity contribution in [3.8, 4) is 0 Å². The summed E-state index contributed by atoms with van der Waals surface area (Å²) in [7, 11) is 0. The first kappa shape index (κ1) is 16.0. The van der Waals surface area contributed by atoms with E-state index in [0.29, 0.717) is 0 Å². The Morgan fingerprint density at radius 3 is 2.18 bits per heavy atom. The number of halogens is 3. The normalized spacial score (nSPS) is 25.4. The lowest BCUT2D eigenvalue weighted by atomic mass is 10.2. The van der Waals surface area contributed by atoms with Gasteiger partial charge in [-0.3, -0.25) is 0 Å². The van der Waals surface area contributed by atoms with E-state index in [1.807, 2.05) is 0 Å². The monoisotopic (exact) mass is 350 g/mol. The highest BCUT2D eigenvalue weighted by Crippen LogP contribution is 2.31. The molecule has 0 aromatic carbocycles. The summed E-state index contributed by atoms with van der Waals surface area (Å²) < 4.78 is 39.1. The number of nitrogens with one attached hydrogen (secondary N) is 2. The minimum absolute atomic E-state index is 0.0653. The van der Waals surface area contributed by atoms with Crippen LogP contribution in [0.3, 0.4) is 0 Å². The zero-order chi connectivity index (χ0) is 15.6. The van der Waals surface area contributed by atoms with E-state index in [-0.39, 0.29) is 23.8 Å². The standard InChI is InChI=1S/C13H17F3N4S2/c14-13(15,16)10-5-11(17-8-1-3-21-6-8)20-12(19-10)18-9-2-4-22-7-9/h5,8-9H,1-4,6-7H2,(H2,17,18,19,20)/t8-,9-/m1/s1. The van der Waals surface area contributed by atoms with E-state index in [1.165, 1.54) is 0 Å². The summed E-state index contributed by atoms with van der Waals surface area (Å²) in [6, 6.07) is 1.32. The zero-order valence-corrected chi connectivity index (χ0v) is 13.5. The first-order valence-electron chi connectivity index (χ1n) is 7.15. The maximum Gasteiger partial charge on any atom is 0.433 e. The predicted molar refractivity (Wildman–Crippen MR) is 85.7 cm³/mol. The first-order valence-corrected chi connectivity index (χ1v) is 9.46. The highest BCUT2D eigenvalue weighted by Gasteiger charge is 2.34. The Bertz CT molecular complexity index is 478. The van der Waals surface area contributed by atoms with Crippen LogP contribution in [-0.4, -0.2) is 45.1 Å². The van der Waals surface area contributed by atoms with Crippen molar-refractivity contribution in [2.24, 2.45) is 0 Å². The molecular formula is C13H17F3N4S2. The van der Waals surface area contributed by atoms with Crippen LogP contribution in [0, 0.1) is 0 Å². The van der Waals surface area contributed by atoms with Crippen molar-refractivity contribution in [3.63, 3.8) is 0 Å². The van der Waals surface area contributed by atoms with Crippen molar-refractivity contribution in [3.05, 3.63) is 11.8 Å². The third kappa shape index (κ3) is 4.13. The Kier molecular flexibility index (Phi) is 4.91. The largest absolute Gasteiger partial charge is 0.433 e. The van der Waals surface area contributed by atoms with Crippen molar-refractivity contribution in [1.82, 2.24) is 9.97 Å². The summed E-state index contributed by atoms with van der Waals surface area (Å²) in [4.78, 5) is 7.86. The van der Waals surface area contributed by atoms with Gasteiger partial charge in [-0.25, -0.2) is 4.98 Å². The van der Waals surface area contributed by atoms with Gasteiger partial charge in [-0.15, -0.1) is 0 Å². The van der Waals surface area contributed by atoms with Gasteiger partial charge in [0.2, 0.25) is 5.95 Å². The molecule has 2 aliphatic heterocycles. The number of nitrogens with zero attached hydrogens (tertiary/aromatic N) is 2. The average Bonchev–Trinajstić information content (AvgIpc) is 3.11. The summed E-state index contributed by atoms with van der Waals surface area (Å²) in [5.41, 5.74) is -0.899. The molecular weight excluding hydrogens is 333 g/mol. The van der Waals surface area contributed by atoms with E-state index in [4.69, 9.17) is 0 Å². The molecule has 1 aromatic heterocycles. The number of aromatic nitrogens is 2. The first-order chi connectivity index (χ1) is 10.5. The van der Waals surface area contributed by atoms with Crippen LogP contribution in [0.5, 0.6) is 0 Å². The van der Waals surface area contributed by atoms with Crippen LogP contribution in [0.25, 0.3) is 0 Å². The summed E-state index contributed by atoms with van der Waals surface area (Å²) >= 11 is 3.58. The van der Waals surface area contributed by atoms with Crippen LogP contribution >= 0.6 is 23.5 Å². The van der Waals surface area contributed by atoms with E-state index in [1.54, 1.807) is 23.5 Å². The van der Waals surface area contributed by atoms with Gasteiger partial charge in [-0.2, -0.15) is 41.7 Å². The molecule has 0 amide bonds. The van der Waals surface area contributed by atoms with Gasteiger partial charge in [0, 0.05) is 29.7 Å². The van der Waals surface area contributed by atoms with Gasteiger partial charge in [0.25, 0.3) is 0 Å². The maximum atomic E-state index is 13.0. The van der Waals surface area contributed by atoms with Crippen molar-refractivity contribution >= 4 is 35.3 Å².